The molecule has 1 aromatic heterocycles. The molecule has 0 spiro atoms. The Morgan fingerprint density at radius 2 is 1.88 bits per heavy atom. The van der Waals surface area contributed by atoms with Gasteiger partial charge in [0.1, 0.15) is 5.82 Å². The van der Waals surface area contributed by atoms with Crippen LogP contribution in [0.3, 0.4) is 0 Å². The van der Waals surface area contributed by atoms with Crippen molar-refractivity contribution < 1.29 is 4.79 Å². The van der Waals surface area contributed by atoms with Gasteiger partial charge in [-0.25, -0.2) is 4.98 Å². The summed E-state index contributed by atoms with van der Waals surface area (Å²) in [6.45, 7) is 1.57. The van der Waals surface area contributed by atoms with Crippen LogP contribution in [0.25, 0.3) is 11.4 Å². The number of carbonyl (C=O) groups excluding carboxylic acids is 1. The van der Waals surface area contributed by atoms with Gasteiger partial charge in [-0.15, -0.1) is 0 Å². The summed E-state index contributed by atoms with van der Waals surface area (Å²) in [4.78, 5) is 15.3. The molecule has 0 aliphatic carbocycles. The quantitative estimate of drug-likeness (QED) is 0.723. The third-order valence-corrected chi connectivity index (χ3v) is 2.37. The van der Waals surface area contributed by atoms with Crippen molar-refractivity contribution in [1.29, 1.82) is 0 Å². The van der Waals surface area contributed by atoms with E-state index in [1.54, 1.807) is 13.1 Å². The summed E-state index contributed by atoms with van der Waals surface area (Å²) in [5.41, 5.74) is 1.75. The van der Waals surface area contributed by atoms with Crippen molar-refractivity contribution in [2.75, 3.05) is 0 Å². The summed E-state index contributed by atoms with van der Waals surface area (Å²) in [6.07, 6.45) is 3.66. The van der Waals surface area contributed by atoms with Crippen LogP contribution in [0, 0.1) is 0 Å². The van der Waals surface area contributed by atoms with Gasteiger partial charge in [-0.2, -0.15) is 0 Å². The maximum absolute atomic E-state index is 11.1. The van der Waals surface area contributed by atoms with Gasteiger partial charge in [0.15, 0.2) is 5.78 Å². The lowest BCUT2D eigenvalue weighted by Crippen LogP contribution is -1.94. The lowest BCUT2D eigenvalue weighted by molar-refractivity contribution is 0.101. The highest BCUT2D eigenvalue weighted by atomic mass is 16.1. The number of aryl methyl sites for hydroxylation is 1. The predicted octanol–water partition coefficient (Wildman–Crippen LogP) is 2.93. The first-order valence-electron chi connectivity index (χ1n) is 4.77. The molecule has 0 saturated carbocycles. The molecular weight excluding hydrogens is 200 g/mol. The number of nitrogens with zero attached hydrogens (tertiary/aromatic N) is 2. The Bertz CT molecular complexity index is 483. The van der Waals surface area contributed by atoms with E-state index in [4.69, 9.17) is 0 Å². The largest absolute Gasteiger partial charge is 0.334 e. The van der Waals surface area contributed by atoms with Crippen LogP contribution in [0.15, 0.2) is 36.7 Å². The highest BCUT2D eigenvalue weighted by Crippen LogP contribution is 2.17. The molecule has 2 rings (SSSR count). The van der Waals surface area contributed by atoms with Crippen molar-refractivity contribution >= 4 is 5.78 Å². The van der Waals surface area contributed by atoms with E-state index in [1.807, 2.05) is 42.1 Å². The van der Waals surface area contributed by atoms with Crippen molar-refractivity contribution in [3.63, 3.8) is 0 Å². The molecule has 2 aromatic rings. The first-order chi connectivity index (χ1) is 7.18. The van der Waals surface area contributed by atoms with Crippen LogP contribution in [-0.2, 0) is 7.05 Å². The van der Waals surface area contributed by atoms with Gasteiger partial charge >= 0.3 is 0 Å². The molecule has 0 amide bonds. The highest BCUT2D eigenvalue weighted by Gasteiger charge is 2.04. The number of Topliss-reactive ketones (excluding diaryl/α,β-unsaturated/α-hetero) is 1. The second kappa shape index (κ2) is 4.75. The lowest BCUT2D eigenvalue weighted by Gasteiger charge is -2.02. The third kappa shape index (κ3) is 2.19. The molecule has 0 aliphatic rings. The number of imidazole rings is 1. The molecule has 0 unspecified atom stereocenters. The highest BCUT2D eigenvalue weighted by molar-refractivity contribution is 5.94. The fourth-order valence-corrected chi connectivity index (χ4v) is 1.50. The molecule has 1 aromatic carbocycles. The second-order valence-electron chi connectivity index (χ2n) is 3.50. The maximum atomic E-state index is 11.1. The number of hydrogen-bond acceptors (Lipinski definition) is 2. The summed E-state index contributed by atoms with van der Waals surface area (Å²) < 4.78 is 1.95. The average molecular weight is 216 g/mol. The summed E-state index contributed by atoms with van der Waals surface area (Å²) >= 11 is 0. The predicted molar refractivity (Wildman–Crippen MR) is 65.4 cm³/mol. The summed E-state index contributed by atoms with van der Waals surface area (Å²) in [5, 5.41) is 0. The standard InChI is InChI=1S/C12H12N2O.CH4/c1-9(15)10-3-5-11(6-4-10)12-13-7-8-14(12)2;/h3-8H,1-2H3;1H4. The summed E-state index contributed by atoms with van der Waals surface area (Å²) in [6, 6.07) is 7.48. The summed E-state index contributed by atoms with van der Waals surface area (Å²) in [7, 11) is 1.95. The van der Waals surface area contributed by atoms with Crippen molar-refractivity contribution in [2.45, 2.75) is 14.4 Å². The Morgan fingerprint density at radius 3 is 2.31 bits per heavy atom. The van der Waals surface area contributed by atoms with E-state index >= 15 is 0 Å². The van der Waals surface area contributed by atoms with E-state index < -0.39 is 0 Å². The van der Waals surface area contributed by atoms with E-state index in [0.717, 1.165) is 17.0 Å². The molecule has 84 valence electrons. The fraction of sp³-hybridized carbons (Fsp3) is 0.231. The van der Waals surface area contributed by atoms with Crippen molar-refractivity contribution in [3.05, 3.63) is 42.2 Å². The van der Waals surface area contributed by atoms with Crippen LogP contribution in [0.1, 0.15) is 24.7 Å². The molecule has 0 N–H and O–H groups in total. The lowest BCUT2D eigenvalue weighted by atomic mass is 10.1. The van der Waals surface area contributed by atoms with Crippen molar-refractivity contribution in [2.24, 2.45) is 7.05 Å². The van der Waals surface area contributed by atoms with E-state index in [9.17, 15) is 4.79 Å². The Hall–Kier alpha value is -1.90. The van der Waals surface area contributed by atoms with Crippen LogP contribution in [0.4, 0.5) is 0 Å². The van der Waals surface area contributed by atoms with Gasteiger partial charge in [-0.3, -0.25) is 4.79 Å². The van der Waals surface area contributed by atoms with Crippen LogP contribution in [0.5, 0.6) is 0 Å². The molecule has 3 heteroatoms. The first kappa shape index (κ1) is 12.2. The van der Waals surface area contributed by atoms with Gasteiger partial charge in [0.2, 0.25) is 0 Å². The fourth-order valence-electron chi connectivity index (χ4n) is 1.50. The topological polar surface area (TPSA) is 34.9 Å². The monoisotopic (exact) mass is 216 g/mol. The molecule has 1 heterocycles. The van der Waals surface area contributed by atoms with Crippen LogP contribution in [0.2, 0.25) is 0 Å². The first-order valence-corrected chi connectivity index (χ1v) is 4.77. The zero-order valence-electron chi connectivity index (χ0n) is 8.77. The van der Waals surface area contributed by atoms with Crippen LogP contribution < -0.4 is 0 Å². The average Bonchev–Trinajstić information content (AvgIpc) is 2.65. The maximum Gasteiger partial charge on any atom is 0.159 e. The van der Waals surface area contributed by atoms with Crippen molar-refractivity contribution in [1.82, 2.24) is 9.55 Å². The molecule has 0 aliphatic heterocycles. The Balaban J connectivity index is 0.00000128. The zero-order chi connectivity index (χ0) is 10.8. The molecule has 0 atom stereocenters. The van der Waals surface area contributed by atoms with E-state index in [0.29, 0.717) is 0 Å². The van der Waals surface area contributed by atoms with Gasteiger partial charge in [0.05, 0.1) is 0 Å². The third-order valence-electron chi connectivity index (χ3n) is 2.37. The second-order valence-corrected chi connectivity index (χ2v) is 3.50. The number of rotatable bonds is 2. The molecule has 0 saturated heterocycles. The minimum Gasteiger partial charge on any atom is -0.334 e. The van der Waals surface area contributed by atoms with Gasteiger partial charge in [-0.05, 0) is 6.92 Å². The van der Waals surface area contributed by atoms with Gasteiger partial charge in [0.25, 0.3) is 0 Å². The zero-order valence-corrected chi connectivity index (χ0v) is 8.77. The number of ketones is 1. The molecule has 0 fully saturated rings. The van der Waals surface area contributed by atoms with E-state index in [1.165, 1.54) is 0 Å². The van der Waals surface area contributed by atoms with Gasteiger partial charge in [0, 0.05) is 30.6 Å². The molecular formula is C13H16N2O. The van der Waals surface area contributed by atoms with Crippen LogP contribution in [-0.4, -0.2) is 15.3 Å². The number of hydrogen-bond donors (Lipinski definition) is 0. The molecule has 0 radical (unpaired) electrons. The molecule has 3 nitrogen and oxygen atoms in total. The SMILES string of the molecule is C.CC(=O)c1ccc(-c2nccn2C)cc1. The van der Waals surface area contributed by atoms with Crippen LogP contribution >= 0.6 is 0 Å². The molecule has 16 heavy (non-hydrogen) atoms. The minimum absolute atomic E-state index is 0. The van der Waals surface area contributed by atoms with Gasteiger partial charge in [-0.1, -0.05) is 31.7 Å². The van der Waals surface area contributed by atoms with Gasteiger partial charge < -0.3 is 4.57 Å². The Morgan fingerprint density at radius 1 is 1.25 bits per heavy atom. The van der Waals surface area contributed by atoms with Crippen molar-refractivity contribution in [3.8, 4) is 11.4 Å². The normalized spacial score (nSPS) is 9.62. The van der Waals surface area contributed by atoms with E-state index in [2.05, 4.69) is 4.98 Å². The number of aromatic nitrogens is 2. The number of carbonyl (C=O) groups is 1. The Labute approximate surface area is 95.8 Å². The summed E-state index contributed by atoms with van der Waals surface area (Å²) in [5.74, 6) is 0.992. The minimum atomic E-state index is 0. The molecule has 0 bridgehead atoms. The van der Waals surface area contributed by atoms with E-state index in [-0.39, 0.29) is 13.2 Å². The number of benzene rings is 1. The Kier molecular flexibility index (Phi) is 3.61. The smallest absolute Gasteiger partial charge is 0.159 e.